The van der Waals surface area contributed by atoms with Gasteiger partial charge in [-0.25, -0.2) is 9.97 Å². The molecular formula is C14H19N5OS. The molecule has 2 aromatic rings. The Balaban J connectivity index is 2.30. The molecule has 1 amide bonds. The number of aromatic nitrogens is 4. The highest BCUT2D eigenvalue weighted by atomic mass is 32.2. The Morgan fingerprint density at radius 1 is 1.33 bits per heavy atom. The first-order valence-corrected chi connectivity index (χ1v) is 7.93. The highest BCUT2D eigenvalue weighted by molar-refractivity contribution is 7.98. The van der Waals surface area contributed by atoms with E-state index in [0.29, 0.717) is 10.9 Å². The Morgan fingerprint density at radius 3 is 2.62 bits per heavy atom. The molecule has 0 saturated carbocycles. The van der Waals surface area contributed by atoms with Crippen molar-refractivity contribution in [2.75, 3.05) is 11.6 Å². The van der Waals surface area contributed by atoms with Crippen LogP contribution < -0.4 is 5.32 Å². The maximum absolute atomic E-state index is 12.4. The van der Waals surface area contributed by atoms with Gasteiger partial charge in [0, 0.05) is 12.2 Å². The van der Waals surface area contributed by atoms with Crippen molar-refractivity contribution in [1.29, 1.82) is 0 Å². The minimum atomic E-state index is -0.238. The van der Waals surface area contributed by atoms with E-state index < -0.39 is 0 Å². The van der Waals surface area contributed by atoms with Gasteiger partial charge >= 0.3 is 0 Å². The summed E-state index contributed by atoms with van der Waals surface area (Å²) < 4.78 is 1.86. The molecule has 0 atom stereocenters. The lowest BCUT2D eigenvalue weighted by Crippen LogP contribution is -2.16. The molecule has 0 aliphatic heterocycles. The van der Waals surface area contributed by atoms with Gasteiger partial charge < -0.3 is 5.32 Å². The van der Waals surface area contributed by atoms with Crippen LogP contribution in [0.5, 0.6) is 0 Å². The minimum Gasteiger partial charge on any atom is -0.317 e. The molecule has 0 aliphatic carbocycles. The lowest BCUT2D eigenvalue weighted by molar-refractivity contribution is 0.102. The van der Waals surface area contributed by atoms with Crippen LogP contribution >= 0.6 is 11.8 Å². The van der Waals surface area contributed by atoms with Gasteiger partial charge in [-0.3, -0.25) is 9.48 Å². The van der Waals surface area contributed by atoms with Crippen LogP contribution in [0.15, 0.2) is 11.2 Å². The Morgan fingerprint density at radius 2 is 2.05 bits per heavy atom. The number of rotatable bonds is 4. The van der Waals surface area contributed by atoms with Gasteiger partial charge in [0.05, 0.1) is 17.1 Å². The largest absolute Gasteiger partial charge is 0.317 e. The zero-order chi connectivity index (χ0) is 15.6. The van der Waals surface area contributed by atoms with Crippen molar-refractivity contribution in [2.45, 2.75) is 39.4 Å². The molecule has 0 radical (unpaired) electrons. The molecule has 7 heteroatoms. The molecule has 2 heterocycles. The summed E-state index contributed by atoms with van der Waals surface area (Å²) in [7, 11) is 0. The van der Waals surface area contributed by atoms with Crippen molar-refractivity contribution < 1.29 is 4.79 Å². The number of aryl methyl sites for hydroxylation is 3. The second kappa shape index (κ2) is 6.26. The second-order valence-electron chi connectivity index (χ2n) is 4.70. The molecule has 112 valence electrons. The van der Waals surface area contributed by atoms with Crippen molar-refractivity contribution in [3.05, 3.63) is 28.8 Å². The summed E-state index contributed by atoms with van der Waals surface area (Å²) in [5.41, 5.74) is 3.65. The number of carbonyl (C=O) groups excluding carboxylic acids is 1. The number of hydrogen-bond donors (Lipinski definition) is 1. The summed E-state index contributed by atoms with van der Waals surface area (Å²) in [6.45, 7) is 8.46. The average molecular weight is 305 g/mol. The predicted octanol–water partition coefficient (Wildman–Crippen LogP) is 2.59. The number of amides is 1. The van der Waals surface area contributed by atoms with Crippen LogP contribution in [0.3, 0.4) is 0 Å². The van der Waals surface area contributed by atoms with Crippen molar-refractivity contribution in [1.82, 2.24) is 19.7 Å². The third kappa shape index (κ3) is 3.24. The van der Waals surface area contributed by atoms with Gasteiger partial charge in [0.25, 0.3) is 5.91 Å². The van der Waals surface area contributed by atoms with Crippen LogP contribution in [-0.4, -0.2) is 31.9 Å². The van der Waals surface area contributed by atoms with Crippen LogP contribution in [0, 0.1) is 20.8 Å². The Bertz CT molecular complexity index is 680. The Hall–Kier alpha value is -1.89. The van der Waals surface area contributed by atoms with E-state index in [1.165, 1.54) is 11.8 Å². The fourth-order valence-corrected chi connectivity index (χ4v) is 2.54. The summed E-state index contributed by atoms with van der Waals surface area (Å²) in [6.07, 6.45) is 1.88. The molecule has 0 unspecified atom stereocenters. The van der Waals surface area contributed by atoms with E-state index in [0.717, 1.165) is 29.3 Å². The van der Waals surface area contributed by atoms with E-state index in [2.05, 4.69) is 20.4 Å². The van der Waals surface area contributed by atoms with E-state index in [-0.39, 0.29) is 5.91 Å². The van der Waals surface area contributed by atoms with Gasteiger partial charge in [0.15, 0.2) is 5.16 Å². The van der Waals surface area contributed by atoms with E-state index in [1.54, 1.807) is 6.07 Å². The minimum absolute atomic E-state index is 0.238. The van der Waals surface area contributed by atoms with Gasteiger partial charge in [-0.2, -0.15) is 5.10 Å². The number of anilines is 1. The average Bonchev–Trinajstić information content (AvgIpc) is 2.73. The van der Waals surface area contributed by atoms with Gasteiger partial charge in [-0.1, -0.05) is 11.8 Å². The molecule has 0 bridgehead atoms. The molecule has 2 rings (SSSR count). The fourth-order valence-electron chi connectivity index (χ4n) is 2.11. The summed E-state index contributed by atoms with van der Waals surface area (Å²) >= 11 is 1.42. The lowest BCUT2D eigenvalue weighted by atomic mass is 10.2. The van der Waals surface area contributed by atoms with Gasteiger partial charge in [0.2, 0.25) is 0 Å². The smallest absolute Gasteiger partial charge is 0.274 e. The summed E-state index contributed by atoms with van der Waals surface area (Å²) in [5.74, 6) is -0.238. The SMILES string of the molecule is CCn1nc(C)c(NC(=O)c2cc(C)nc(SC)n2)c1C. The fraction of sp³-hybridized carbons (Fsp3) is 0.429. The van der Waals surface area contributed by atoms with Gasteiger partial charge in [-0.05, 0) is 40.0 Å². The molecule has 0 aromatic carbocycles. The first kappa shape index (κ1) is 15.5. The highest BCUT2D eigenvalue weighted by Gasteiger charge is 2.16. The lowest BCUT2D eigenvalue weighted by Gasteiger charge is -2.07. The summed E-state index contributed by atoms with van der Waals surface area (Å²) in [6, 6.07) is 1.68. The van der Waals surface area contributed by atoms with Crippen LogP contribution in [0.2, 0.25) is 0 Å². The Labute approximate surface area is 128 Å². The number of thioether (sulfide) groups is 1. The molecule has 0 fully saturated rings. The molecule has 21 heavy (non-hydrogen) atoms. The number of hydrogen-bond acceptors (Lipinski definition) is 5. The third-order valence-electron chi connectivity index (χ3n) is 3.17. The zero-order valence-corrected chi connectivity index (χ0v) is 13.7. The summed E-state index contributed by atoms with van der Waals surface area (Å²) in [4.78, 5) is 20.9. The summed E-state index contributed by atoms with van der Waals surface area (Å²) in [5, 5.41) is 7.89. The number of nitrogens with one attached hydrogen (secondary N) is 1. The maximum atomic E-state index is 12.4. The molecule has 1 N–H and O–H groups in total. The van der Waals surface area contributed by atoms with Crippen molar-refractivity contribution in [3.63, 3.8) is 0 Å². The number of carbonyl (C=O) groups is 1. The topological polar surface area (TPSA) is 72.7 Å². The molecule has 0 aliphatic rings. The van der Waals surface area contributed by atoms with Crippen molar-refractivity contribution in [3.8, 4) is 0 Å². The quantitative estimate of drug-likeness (QED) is 0.694. The standard InChI is InChI=1S/C14H19N5OS/c1-6-19-10(4)12(9(3)18-19)17-13(20)11-7-8(2)15-14(16-11)21-5/h7H,6H2,1-5H3,(H,17,20). The predicted molar refractivity (Wildman–Crippen MR) is 83.9 cm³/mol. The van der Waals surface area contributed by atoms with E-state index in [9.17, 15) is 4.79 Å². The zero-order valence-electron chi connectivity index (χ0n) is 12.9. The monoisotopic (exact) mass is 305 g/mol. The van der Waals surface area contributed by atoms with E-state index >= 15 is 0 Å². The second-order valence-corrected chi connectivity index (χ2v) is 5.47. The Kier molecular flexibility index (Phi) is 4.62. The highest BCUT2D eigenvalue weighted by Crippen LogP contribution is 2.20. The molecule has 0 spiro atoms. The molecule has 0 saturated heterocycles. The first-order valence-electron chi connectivity index (χ1n) is 6.71. The van der Waals surface area contributed by atoms with Crippen molar-refractivity contribution in [2.24, 2.45) is 0 Å². The van der Waals surface area contributed by atoms with Crippen LogP contribution in [-0.2, 0) is 6.54 Å². The van der Waals surface area contributed by atoms with Gasteiger partial charge in [-0.15, -0.1) is 0 Å². The van der Waals surface area contributed by atoms with Gasteiger partial charge in [0.1, 0.15) is 5.69 Å². The van der Waals surface area contributed by atoms with Crippen LogP contribution in [0.4, 0.5) is 5.69 Å². The van der Waals surface area contributed by atoms with E-state index in [1.807, 2.05) is 38.6 Å². The maximum Gasteiger partial charge on any atom is 0.274 e. The first-order chi connectivity index (χ1) is 9.96. The molecule has 2 aromatic heterocycles. The van der Waals surface area contributed by atoms with E-state index in [4.69, 9.17) is 0 Å². The van der Waals surface area contributed by atoms with Crippen LogP contribution in [0.25, 0.3) is 0 Å². The number of nitrogens with zero attached hydrogens (tertiary/aromatic N) is 4. The molecule has 6 nitrogen and oxygen atoms in total. The molecular weight excluding hydrogens is 286 g/mol. The third-order valence-corrected chi connectivity index (χ3v) is 3.72. The normalized spacial score (nSPS) is 10.7. The van der Waals surface area contributed by atoms with Crippen molar-refractivity contribution >= 4 is 23.4 Å². The van der Waals surface area contributed by atoms with Crippen LogP contribution in [0.1, 0.15) is 34.5 Å².